The summed E-state index contributed by atoms with van der Waals surface area (Å²) in [6, 6.07) is 4.62. The number of hydrogen-bond donors (Lipinski definition) is 1. The SMILES string of the molecule is Cc1nc(N(C)C2CCCC(C)C2)ccc1CO. The van der Waals surface area contributed by atoms with Gasteiger partial charge in [0, 0.05) is 18.8 Å². The van der Waals surface area contributed by atoms with E-state index in [0.29, 0.717) is 6.04 Å². The number of pyridine rings is 1. The van der Waals surface area contributed by atoms with Crippen LogP contribution in [0, 0.1) is 12.8 Å². The molecule has 0 bridgehead atoms. The minimum Gasteiger partial charge on any atom is -0.392 e. The average Bonchev–Trinajstić information content (AvgIpc) is 2.37. The lowest BCUT2D eigenvalue weighted by atomic mass is 9.86. The molecular formula is C15H24N2O. The Kier molecular flexibility index (Phi) is 4.23. The van der Waals surface area contributed by atoms with Crippen LogP contribution < -0.4 is 4.90 Å². The molecule has 1 aromatic rings. The highest BCUT2D eigenvalue weighted by atomic mass is 16.3. The highest BCUT2D eigenvalue weighted by molar-refractivity contribution is 5.42. The molecule has 0 saturated heterocycles. The molecule has 100 valence electrons. The molecule has 1 aliphatic rings. The summed E-state index contributed by atoms with van der Waals surface area (Å²) >= 11 is 0. The molecule has 1 aliphatic carbocycles. The largest absolute Gasteiger partial charge is 0.392 e. The Morgan fingerprint density at radius 3 is 2.78 bits per heavy atom. The Balaban J connectivity index is 2.12. The van der Waals surface area contributed by atoms with Gasteiger partial charge in [-0.3, -0.25) is 0 Å². The second-order valence-electron chi connectivity index (χ2n) is 5.61. The van der Waals surface area contributed by atoms with Gasteiger partial charge in [0.2, 0.25) is 0 Å². The number of nitrogens with zero attached hydrogens (tertiary/aromatic N) is 2. The highest BCUT2D eigenvalue weighted by Gasteiger charge is 2.23. The maximum Gasteiger partial charge on any atom is 0.128 e. The predicted molar refractivity (Wildman–Crippen MR) is 74.7 cm³/mol. The summed E-state index contributed by atoms with van der Waals surface area (Å²) in [5.74, 6) is 1.85. The Morgan fingerprint density at radius 1 is 1.39 bits per heavy atom. The molecule has 2 unspecified atom stereocenters. The number of aromatic nitrogens is 1. The minimum atomic E-state index is 0.0727. The molecule has 1 N–H and O–H groups in total. The molecule has 1 saturated carbocycles. The third-order valence-electron chi connectivity index (χ3n) is 4.17. The lowest BCUT2D eigenvalue weighted by Crippen LogP contribution is -2.36. The molecule has 3 heteroatoms. The minimum absolute atomic E-state index is 0.0727. The van der Waals surface area contributed by atoms with Gasteiger partial charge in [0.25, 0.3) is 0 Å². The van der Waals surface area contributed by atoms with Crippen molar-refractivity contribution in [1.29, 1.82) is 0 Å². The molecular weight excluding hydrogens is 224 g/mol. The first kappa shape index (κ1) is 13.3. The van der Waals surface area contributed by atoms with Crippen LogP contribution >= 0.6 is 0 Å². The first-order valence-electron chi connectivity index (χ1n) is 6.92. The van der Waals surface area contributed by atoms with Gasteiger partial charge in [-0.05, 0) is 37.3 Å². The number of anilines is 1. The summed E-state index contributed by atoms with van der Waals surface area (Å²) in [5, 5.41) is 9.18. The van der Waals surface area contributed by atoms with Gasteiger partial charge in [-0.1, -0.05) is 25.8 Å². The molecule has 0 amide bonds. The van der Waals surface area contributed by atoms with Crippen LogP contribution in [0.3, 0.4) is 0 Å². The molecule has 1 fully saturated rings. The lowest BCUT2D eigenvalue weighted by molar-refractivity contribution is 0.280. The molecule has 3 nitrogen and oxygen atoms in total. The van der Waals surface area contributed by atoms with Gasteiger partial charge in [-0.2, -0.15) is 0 Å². The summed E-state index contributed by atoms with van der Waals surface area (Å²) in [6.07, 6.45) is 5.21. The fourth-order valence-corrected chi connectivity index (χ4v) is 2.88. The van der Waals surface area contributed by atoms with Crippen molar-refractivity contribution in [3.8, 4) is 0 Å². The quantitative estimate of drug-likeness (QED) is 0.893. The van der Waals surface area contributed by atoms with Crippen molar-refractivity contribution in [2.24, 2.45) is 5.92 Å². The standard InChI is InChI=1S/C15H24N2O/c1-11-5-4-6-14(9-11)17(3)15-8-7-13(10-18)12(2)16-15/h7-8,11,14,18H,4-6,9-10H2,1-3H3. The monoisotopic (exact) mass is 248 g/mol. The van der Waals surface area contributed by atoms with Gasteiger partial charge in [0.05, 0.1) is 6.61 Å². The third kappa shape index (κ3) is 2.83. The molecule has 1 aromatic heterocycles. The number of aliphatic hydroxyl groups is 1. The fourth-order valence-electron chi connectivity index (χ4n) is 2.88. The van der Waals surface area contributed by atoms with Crippen LogP contribution in [0.15, 0.2) is 12.1 Å². The second kappa shape index (κ2) is 5.70. The van der Waals surface area contributed by atoms with Gasteiger partial charge < -0.3 is 10.0 Å². The van der Waals surface area contributed by atoms with Crippen molar-refractivity contribution in [2.75, 3.05) is 11.9 Å². The Morgan fingerprint density at radius 2 is 2.17 bits per heavy atom. The summed E-state index contributed by atoms with van der Waals surface area (Å²) in [4.78, 5) is 6.92. The van der Waals surface area contributed by atoms with Crippen molar-refractivity contribution in [3.63, 3.8) is 0 Å². The first-order valence-corrected chi connectivity index (χ1v) is 6.92. The molecule has 2 rings (SSSR count). The van der Waals surface area contributed by atoms with E-state index in [1.807, 2.05) is 19.1 Å². The molecule has 2 atom stereocenters. The van der Waals surface area contributed by atoms with Gasteiger partial charge in [0.15, 0.2) is 0 Å². The Labute approximate surface area is 110 Å². The van der Waals surface area contributed by atoms with Gasteiger partial charge >= 0.3 is 0 Å². The van der Waals surface area contributed by atoms with Gasteiger partial charge in [0.1, 0.15) is 5.82 Å². The number of aryl methyl sites for hydroxylation is 1. The van der Waals surface area contributed by atoms with Crippen molar-refractivity contribution < 1.29 is 5.11 Å². The molecule has 0 radical (unpaired) electrons. The van der Waals surface area contributed by atoms with Crippen molar-refractivity contribution >= 4 is 5.82 Å². The van der Waals surface area contributed by atoms with Gasteiger partial charge in [-0.25, -0.2) is 4.98 Å². The third-order valence-corrected chi connectivity index (χ3v) is 4.17. The van der Waals surface area contributed by atoms with Crippen molar-refractivity contribution in [2.45, 2.75) is 52.2 Å². The zero-order valence-electron chi connectivity index (χ0n) is 11.7. The summed E-state index contributed by atoms with van der Waals surface area (Å²) in [7, 11) is 2.14. The number of rotatable bonds is 3. The smallest absolute Gasteiger partial charge is 0.128 e. The van der Waals surface area contributed by atoms with E-state index >= 15 is 0 Å². The number of aliphatic hydroxyl groups excluding tert-OH is 1. The molecule has 18 heavy (non-hydrogen) atoms. The predicted octanol–water partition coefficient (Wildman–Crippen LogP) is 2.90. The van der Waals surface area contributed by atoms with E-state index in [1.54, 1.807) is 0 Å². The van der Waals surface area contributed by atoms with Gasteiger partial charge in [-0.15, -0.1) is 0 Å². The summed E-state index contributed by atoms with van der Waals surface area (Å²) in [5.41, 5.74) is 1.86. The Hall–Kier alpha value is -1.09. The first-order chi connectivity index (χ1) is 8.61. The van der Waals surface area contributed by atoms with E-state index in [2.05, 4.69) is 23.9 Å². The zero-order valence-corrected chi connectivity index (χ0v) is 11.7. The summed E-state index contributed by atoms with van der Waals surface area (Å²) < 4.78 is 0. The van der Waals surface area contributed by atoms with E-state index < -0.39 is 0 Å². The maximum absolute atomic E-state index is 9.18. The van der Waals surface area contributed by atoms with Crippen LogP contribution in [0.25, 0.3) is 0 Å². The van der Waals surface area contributed by atoms with Crippen molar-refractivity contribution in [3.05, 3.63) is 23.4 Å². The van der Waals surface area contributed by atoms with E-state index in [4.69, 9.17) is 0 Å². The van der Waals surface area contributed by atoms with Crippen LogP contribution in [0.1, 0.15) is 43.9 Å². The molecule has 1 heterocycles. The maximum atomic E-state index is 9.18. The zero-order chi connectivity index (χ0) is 13.1. The average molecular weight is 248 g/mol. The number of hydrogen-bond acceptors (Lipinski definition) is 3. The van der Waals surface area contributed by atoms with Crippen LogP contribution in [0.4, 0.5) is 5.82 Å². The van der Waals surface area contributed by atoms with Crippen LogP contribution in [0.5, 0.6) is 0 Å². The van der Waals surface area contributed by atoms with Crippen LogP contribution in [-0.4, -0.2) is 23.2 Å². The van der Waals surface area contributed by atoms with E-state index in [1.165, 1.54) is 25.7 Å². The van der Waals surface area contributed by atoms with E-state index in [9.17, 15) is 5.11 Å². The fraction of sp³-hybridized carbons (Fsp3) is 0.667. The Bertz CT molecular complexity index is 405. The topological polar surface area (TPSA) is 36.4 Å². The van der Waals surface area contributed by atoms with E-state index in [0.717, 1.165) is 23.0 Å². The van der Waals surface area contributed by atoms with Crippen molar-refractivity contribution in [1.82, 2.24) is 4.98 Å². The normalized spacial score (nSPS) is 24.0. The summed E-state index contributed by atoms with van der Waals surface area (Å²) in [6.45, 7) is 4.38. The molecule has 0 aliphatic heterocycles. The van der Waals surface area contributed by atoms with E-state index in [-0.39, 0.29) is 6.61 Å². The van der Waals surface area contributed by atoms with Crippen LogP contribution in [-0.2, 0) is 6.61 Å². The molecule has 0 spiro atoms. The van der Waals surface area contributed by atoms with Crippen LogP contribution in [0.2, 0.25) is 0 Å². The second-order valence-corrected chi connectivity index (χ2v) is 5.61. The highest BCUT2D eigenvalue weighted by Crippen LogP contribution is 2.29. The lowest BCUT2D eigenvalue weighted by Gasteiger charge is -2.35. The molecule has 0 aromatic carbocycles.